The quantitative estimate of drug-likeness (QED) is 0.271. The Morgan fingerprint density at radius 1 is 1.10 bits per heavy atom. The molecule has 3 atom stereocenters. The number of amides is 3. The van der Waals surface area contributed by atoms with Gasteiger partial charge in [-0.05, 0) is 63.0 Å². The van der Waals surface area contributed by atoms with Crippen LogP contribution in [-0.4, -0.2) is 59.5 Å². The molecule has 0 radical (unpaired) electrons. The summed E-state index contributed by atoms with van der Waals surface area (Å²) in [6.07, 6.45) is 4.72. The summed E-state index contributed by atoms with van der Waals surface area (Å²) < 4.78 is 0. The maximum atomic E-state index is 13.8. The standard InChI is InChI=1S/C31H48N4O4/c1-6-14-35(15-7-2)29(38)25-17-24(28(33)37)18-31(19-25,30(39)34-13-12-21(3)4)20-27(36)26(32)16-23-10-8-22(5)9-11-23/h8-11,17-18,21,26-27,36H,6-7,12-16,19-20,32H2,1-5H3,(H2,33,37)(H,34,39)/t26-,27+,31?/m0/s1. The molecule has 6 N–H and O–H groups in total. The van der Waals surface area contributed by atoms with Crippen LogP contribution in [-0.2, 0) is 20.8 Å². The van der Waals surface area contributed by atoms with E-state index in [0.717, 1.165) is 30.4 Å². The summed E-state index contributed by atoms with van der Waals surface area (Å²) in [5.41, 5.74) is 13.3. The first-order valence-corrected chi connectivity index (χ1v) is 14.2. The highest BCUT2D eigenvalue weighted by molar-refractivity contribution is 6.03. The number of hydrogen-bond donors (Lipinski definition) is 4. The van der Waals surface area contributed by atoms with Crippen molar-refractivity contribution in [1.82, 2.24) is 10.2 Å². The number of carbonyl (C=O) groups excluding carboxylic acids is 3. The third-order valence-corrected chi connectivity index (χ3v) is 7.22. The summed E-state index contributed by atoms with van der Waals surface area (Å²) in [5, 5.41) is 14.3. The molecule has 3 amide bonds. The molecule has 2 rings (SSSR count). The molecule has 0 aromatic heterocycles. The van der Waals surface area contributed by atoms with Gasteiger partial charge < -0.3 is 26.8 Å². The van der Waals surface area contributed by atoms with Crippen LogP contribution in [0, 0.1) is 18.3 Å². The predicted octanol–water partition coefficient (Wildman–Crippen LogP) is 3.15. The Labute approximate surface area is 233 Å². The Kier molecular flexibility index (Phi) is 12.4. The van der Waals surface area contributed by atoms with Crippen LogP contribution in [0.4, 0.5) is 0 Å². The predicted molar refractivity (Wildman–Crippen MR) is 156 cm³/mol. The molecule has 0 heterocycles. The lowest BCUT2D eigenvalue weighted by Crippen LogP contribution is -2.49. The van der Waals surface area contributed by atoms with Crippen molar-refractivity contribution in [1.29, 1.82) is 0 Å². The minimum Gasteiger partial charge on any atom is -0.391 e. The minimum absolute atomic E-state index is 0.0451. The van der Waals surface area contributed by atoms with Crippen molar-refractivity contribution in [2.45, 2.75) is 85.3 Å². The lowest BCUT2D eigenvalue weighted by molar-refractivity contribution is -0.131. The summed E-state index contributed by atoms with van der Waals surface area (Å²) in [6.45, 7) is 11.7. The fourth-order valence-electron chi connectivity index (χ4n) is 4.98. The summed E-state index contributed by atoms with van der Waals surface area (Å²) in [6, 6.07) is 7.26. The van der Waals surface area contributed by atoms with Crippen molar-refractivity contribution >= 4 is 17.7 Å². The number of aliphatic hydroxyl groups is 1. The molecule has 1 aromatic carbocycles. The van der Waals surface area contributed by atoms with Crippen LogP contribution in [0.5, 0.6) is 0 Å². The molecule has 1 aromatic rings. The SMILES string of the molecule is CCCN(CCC)C(=O)C1=CC(C(N)=O)=CC(C[C@@H](O)[C@@H](N)Cc2ccc(C)cc2)(C(=O)NCCC(C)C)C1. The topological polar surface area (TPSA) is 139 Å². The number of rotatable bonds is 15. The van der Waals surface area contributed by atoms with Crippen LogP contribution in [0.2, 0.25) is 0 Å². The van der Waals surface area contributed by atoms with Gasteiger partial charge >= 0.3 is 0 Å². The van der Waals surface area contributed by atoms with Crippen LogP contribution in [0.15, 0.2) is 47.6 Å². The number of nitrogens with one attached hydrogen (secondary N) is 1. The zero-order valence-electron chi connectivity index (χ0n) is 24.3. The van der Waals surface area contributed by atoms with Gasteiger partial charge in [0.2, 0.25) is 17.7 Å². The largest absolute Gasteiger partial charge is 0.391 e. The van der Waals surface area contributed by atoms with E-state index in [1.54, 1.807) is 4.90 Å². The van der Waals surface area contributed by atoms with Crippen molar-refractivity contribution in [2.24, 2.45) is 22.8 Å². The average Bonchev–Trinajstić information content (AvgIpc) is 2.88. The molecule has 1 aliphatic carbocycles. The fourth-order valence-corrected chi connectivity index (χ4v) is 4.98. The van der Waals surface area contributed by atoms with Gasteiger partial charge in [0.05, 0.1) is 11.5 Å². The van der Waals surface area contributed by atoms with Crippen molar-refractivity contribution in [3.8, 4) is 0 Å². The summed E-state index contributed by atoms with van der Waals surface area (Å²) in [4.78, 5) is 41.6. The summed E-state index contributed by atoms with van der Waals surface area (Å²) >= 11 is 0. The average molecular weight is 541 g/mol. The van der Waals surface area contributed by atoms with Crippen LogP contribution in [0.1, 0.15) is 70.9 Å². The number of aryl methyl sites for hydroxylation is 1. The van der Waals surface area contributed by atoms with E-state index in [-0.39, 0.29) is 30.2 Å². The molecule has 39 heavy (non-hydrogen) atoms. The third kappa shape index (κ3) is 9.32. The van der Waals surface area contributed by atoms with E-state index in [9.17, 15) is 19.5 Å². The first-order chi connectivity index (χ1) is 18.4. The van der Waals surface area contributed by atoms with Crippen LogP contribution >= 0.6 is 0 Å². The normalized spacial score (nSPS) is 18.7. The number of aliphatic hydroxyl groups excluding tert-OH is 1. The first-order valence-electron chi connectivity index (χ1n) is 14.2. The Bertz CT molecular complexity index is 1040. The van der Waals surface area contributed by atoms with Gasteiger partial charge in [-0.25, -0.2) is 0 Å². The zero-order chi connectivity index (χ0) is 29.2. The fraction of sp³-hybridized carbons (Fsp3) is 0.581. The molecule has 0 spiro atoms. The van der Waals surface area contributed by atoms with E-state index in [1.807, 2.05) is 45.0 Å². The number of hydrogen-bond acceptors (Lipinski definition) is 5. The van der Waals surface area contributed by atoms with Crippen LogP contribution in [0.25, 0.3) is 0 Å². The molecule has 0 fully saturated rings. The zero-order valence-corrected chi connectivity index (χ0v) is 24.3. The van der Waals surface area contributed by atoms with Crippen LogP contribution < -0.4 is 16.8 Å². The lowest BCUT2D eigenvalue weighted by atomic mass is 9.70. The van der Waals surface area contributed by atoms with E-state index >= 15 is 0 Å². The lowest BCUT2D eigenvalue weighted by Gasteiger charge is -2.37. The maximum absolute atomic E-state index is 13.8. The van der Waals surface area contributed by atoms with Gasteiger partial charge in [0.25, 0.3) is 0 Å². The highest BCUT2D eigenvalue weighted by Gasteiger charge is 2.44. The molecular formula is C31H48N4O4. The molecule has 1 aliphatic rings. The van der Waals surface area contributed by atoms with Gasteiger partial charge in [0, 0.05) is 36.8 Å². The van der Waals surface area contributed by atoms with Crippen LogP contribution in [0.3, 0.4) is 0 Å². The van der Waals surface area contributed by atoms with Gasteiger partial charge in [-0.1, -0.05) is 63.6 Å². The van der Waals surface area contributed by atoms with E-state index in [0.29, 0.717) is 37.5 Å². The van der Waals surface area contributed by atoms with Gasteiger partial charge in [0.15, 0.2) is 0 Å². The first kappa shape index (κ1) is 32.2. The third-order valence-electron chi connectivity index (χ3n) is 7.22. The molecule has 0 saturated carbocycles. The minimum atomic E-state index is -1.35. The van der Waals surface area contributed by atoms with E-state index in [4.69, 9.17) is 11.5 Å². The summed E-state index contributed by atoms with van der Waals surface area (Å²) in [5.74, 6) is -0.912. The van der Waals surface area contributed by atoms with E-state index < -0.39 is 23.5 Å². The number of primary amides is 1. The van der Waals surface area contributed by atoms with Crippen molar-refractivity contribution in [2.75, 3.05) is 19.6 Å². The number of nitrogens with two attached hydrogens (primary N) is 2. The maximum Gasteiger partial charge on any atom is 0.249 e. The number of carbonyl (C=O) groups is 3. The number of nitrogens with zero attached hydrogens (tertiary/aromatic N) is 1. The second-order valence-corrected chi connectivity index (χ2v) is 11.3. The van der Waals surface area contributed by atoms with E-state index in [2.05, 4.69) is 19.2 Å². The van der Waals surface area contributed by atoms with Gasteiger partial charge in [-0.15, -0.1) is 0 Å². The highest BCUT2D eigenvalue weighted by Crippen LogP contribution is 2.40. The summed E-state index contributed by atoms with van der Waals surface area (Å²) in [7, 11) is 0. The Hall–Kier alpha value is -2.97. The number of benzene rings is 1. The molecule has 8 nitrogen and oxygen atoms in total. The highest BCUT2D eigenvalue weighted by atomic mass is 16.3. The smallest absolute Gasteiger partial charge is 0.249 e. The van der Waals surface area contributed by atoms with Crippen molar-refractivity contribution in [3.05, 3.63) is 58.7 Å². The Morgan fingerprint density at radius 3 is 2.26 bits per heavy atom. The molecule has 8 heteroatoms. The van der Waals surface area contributed by atoms with Gasteiger partial charge in [0.1, 0.15) is 0 Å². The molecule has 0 bridgehead atoms. The molecule has 1 unspecified atom stereocenters. The van der Waals surface area contributed by atoms with Gasteiger partial charge in [-0.2, -0.15) is 0 Å². The van der Waals surface area contributed by atoms with Gasteiger partial charge in [-0.3, -0.25) is 14.4 Å². The second kappa shape index (κ2) is 15.0. The molecular weight excluding hydrogens is 492 g/mol. The second-order valence-electron chi connectivity index (χ2n) is 11.3. The Morgan fingerprint density at radius 2 is 1.72 bits per heavy atom. The Balaban J connectivity index is 2.43. The van der Waals surface area contributed by atoms with E-state index in [1.165, 1.54) is 12.2 Å². The molecule has 0 aliphatic heterocycles. The molecule has 0 saturated heterocycles. The van der Waals surface area contributed by atoms with Crippen molar-refractivity contribution < 1.29 is 19.5 Å². The monoisotopic (exact) mass is 540 g/mol. The van der Waals surface area contributed by atoms with Crippen molar-refractivity contribution in [3.63, 3.8) is 0 Å². The molecule has 216 valence electrons.